The predicted octanol–water partition coefficient (Wildman–Crippen LogP) is 7.19. The lowest BCUT2D eigenvalue weighted by molar-refractivity contribution is -0.665. The van der Waals surface area contributed by atoms with E-state index in [0.29, 0.717) is 12.8 Å². The lowest BCUT2D eigenvalue weighted by atomic mass is 9.85. The summed E-state index contributed by atoms with van der Waals surface area (Å²) in [5, 5.41) is 3.74. The van der Waals surface area contributed by atoms with Gasteiger partial charge in [-0.15, -0.1) is 0 Å². The summed E-state index contributed by atoms with van der Waals surface area (Å²) in [6.45, 7) is 5.94. The molecule has 1 aliphatic heterocycles. The van der Waals surface area contributed by atoms with Crippen molar-refractivity contribution < 1.29 is 9.36 Å². The minimum atomic E-state index is -0.257. The Morgan fingerprint density at radius 1 is 1.14 bits per heavy atom. The summed E-state index contributed by atoms with van der Waals surface area (Å²) in [6, 6.07) is 12.0. The molecule has 1 aliphatic carbocycles. The van der Waals surface area contributed by atoms with E-state index in [1.165, 1.54) is 9.60 Å². The van der Waals surface area contributed by atoms with Crippen molar-refractivity contribution in [3.05, 3.63) is 79.8 Å². The molecule has 35 heavy (non-hydrogen) atoms. The van der Waals surface area contributed by atoms with Crippen molar-refractivity contribution in [2.45, 2.75) is 38.1 Å². The standard InChI is InChI=1S/C27H25Cl2N3OS2/c1-3-31-21-14-19(28)5-7-23(21)34-25(31)12-16-9-17(11-18(10-16)27(30)33)13-26-32(4-2)22-15-20(29)6-8-24(22)35-26/h5-9,12-15,18H,3-4,10-11H2,1-2H3,(H-,30,33)/p+1. The van der Waals surface area contributed by atoms with E-state index in [4.69, 9.17) is 28.9 Å². The second-order valence-corrected chi connectivity index (χ2v) is 11.7. The fourth-order valence-electron chi connectivity index (χ4n) is 4.73. The molecular weight excluding hydrogens is 517 g/mol. The van der Waals surface area contributed by atoms with Gasteiger partial charge in [0.25, 0.3) is 5.01 Å². The van der Waals surface area contributed by atoms with Gasteiger partial charge in [-0.25, -0.2) is 0 Å². The van der Waals surface area contributed by atoms with Crippen molar-refractivity contribution in [3.8, 4) is 0 Å². The van der Waals surface area contributed by atoms with Crippen LogP contribution in [-0.4, -0.2) is 12.5 Å². The summed E-state index contributed by atoms with van der Waals surface area (Å²) in [5.41, 5.74) is 10.3. The number of fused-ring (bicyclic) bond motifs is 2. The van der Waals surface area contributed by atoms with Crippen molar-refractivity contribution in [2.75, 3.05) is 11.4 Å². The fourth-order valence-corrected chi connectivity index (χ4v) is 7.43. The van der Waals surface area contributed by atoms with E-state index in [9.17, 15) is 4.79 Å². The van der Waals surface area contributed by atoms with E-state index in [1.807, 2.05) is 24.3 Å². The molecule has 8 heteroatoms. The zero-order valence-electron chi connectivity index (χ0n) is 19.6. The molecule has 1 amide bonds. The first-order chi connectivity index (χ1) is 16.9. The number of hydrogen-bond acceptors (Lipinski definition) is 4. The van der Waals surface area contributed by atoms with E-state index in [0.717, 1.165) is 55.5 Å². The first kappa shape index (κ1) is 24.4. The molecule has 0 bridgehead atoms. The van der Waals surface area contributed by atoms with E-state index in [2.05, 4.69) is 53.7 Å². The molecule has 3 aromatic rings. The fraction of sp³-hybridized carbons (Fsp3) is 0.259. The molecule has 0 radical (unpaired) electrons. The maximum Gasteiger partial charge on any atom is 0.263 e. The van der Waals surface area contributed by atoms with Gasteiger partial charge in [-0.3, -0.25) is 4.79 Å². The van der Waals surface area contributed by atoms with Crippen LogP contribution in [0.25, 0.3) is 16.3 Å². The Bertz CT molecular complexity index is 1420. The van der Waals surface area contributed by atoms with Crippen LogP contribution < -0.4 is 15.2 Å². The monoisotopic (exact) mass is 542 g/mol. The van der Waals surface area contributed by atoms with Crippen LogP contribution in [0.4, 0.5) is 5.69 Å². The van der Waals surface area contributed by atoms with Crippen molar-refractivity contribution in [2.24, 2.45) is 11.7 Å². The Kier molecular flexibility index (Phi) is 6.99. The number of primary amides is 1. The number of carbonyl (C=O) groups excluding carboxylic acids is 1. The number of benzene rings is 2. The Morgan fingerprint density at radius 3 is 2.66 bits per heavy atom. The van der Waals surface area contributed by atoms with Crippen LogP contribution in [-0.2, 0) is 11.3 Å². The molecule has 1 atom stereocenters. The number of aryl methyl sites for hydroxylation is 1. The molecule has 5 rings (SSSR count). The molecule has 2 aliphatic rings. The van der Waals surface area contributed by atoms with Crippen molar-refractivity contribution >= 4 is 74.2 Å². The highest BCUT2D eigenvalue weighted by atomic mass is 35.5. The number of thioether (sulfide) groups is 1. The molecule has 0 saturated carbocycles. The third-order valence-corrected chi connectivity index (χ3v) is 9.07. The number of aromatic nitrogens is 1. The SMILES string of the molecule is CCN1/C(=C/C2=CC(=C/c3sc4ccc(Cl)cc4[n+]3CC)/CC(C(N)=O)C2)Sc2ccc(Cl)cc21. The number of allylic oxidation sites excluding steroid dienone is 4. The van der Waals surface area contributed by atoms with Crippen LogP contribution in [0.5, 0.6) is 0 Å². The van der Waals surface area contributed by atoms with Gasteiger partial charge in [-0.05, 0) is 74.2 Å². The molecule has 0 spiro atoms. The zero-order valence-corrected chi connectivity index (χ0v) is 22.7. The third kappa shape index (κ3) is 4.90. The van der Waals surface area contributed by atoms with Gasteiger partial charge in [0, 0.05) is 39.5 Å². The minimum absolute atomic E-state index is 0.227. The number of hydrogen-bond donors (Lipinski definition) is 1. The van der Waals surface area contributed by atoms with Gasteiger partial charge < -0.3 is 10.6 Å². The lowest BCUT2D eigenvalue weighted by Crippen LogP contribution is -2.33. The topological polar surface area (TPSA) is 50.2 Å². The molecule has 1 unspecified atom stereocenters. The lowest BCUT2D eigenvalue weighted by Gasteiger charge is -2.23. The largest absolute Gasteiger partial charge is 0.369 e. The van der Waals surface area contributed by atoms with Crippen molar-refractivity contribution in [1.82, 2.24) is 0 Å². The molecule has 2 heterocycles. The van der Waals surface area contributed by atoms with Gasteiger partial charge in [0.15, 0.2) is 0 Å². The maximum absolute atomic E-state index is 12.3. The quantitative estimate of drug-likeness (QED) is 0.347. The molecular formula is C27H26Cl2N3OS2+. The van der Waals surface area contributed by atoms with Crippen LogP contribution in [0.2, 0.25) is 10.0 Å². The number of rotatable bonds is 5. The Balaban J connectivity index is 1.55. The van der Waals surface area contributed by atoms with Gasteiger partial charge in [-0.2, -0.15) is 4.57 Å². The Hall–Kier alpha value is -2.25. The van der Waals surface area contributed by atoms with Crippen LogP contribution in [0.1, 0.15) is 31.7 Å². The molecule has 2 aromatic carbocycles. The van der Waals surface area contributed by atoms with Crippen LogP contribution in [0.15, 0.2) is 69.6 Å². The number of nitrogens with two attached hydrogens (primary N) is 1. The second kappa shape index (κ2) is 10.0. The van der Waals surface area contributed by atoms with Gasteiger partial charge >= 0.3 is 0 Å². The average molecular weight is 544 g/mol. The van der Waals surface area contributed by atoms with E-state index < -0.39 is 0 Å². The van der Waals surface area contributed by atoms with Crippen molar-refractivity contribution in [3.63, 3.8) is 0 Å². The van der Waals surface area contributed by atoms with Crippen LogP contribution >= 0.6 is 46.3 Å². The summed E-state index contributed by atoms with van der Waals surface area (Å²) >= 11 is 16.0. The Labute approximate surface area is 223 Å². The Morgan fingerprint density at radius 2 is 1.91 bits per heavy atom. The van der Waals surface area contributed by atoms with Gasteiger partial charge in [-0.1, -0.05) is 52.4 Å². The minimum Gasteiger partial charge on any atom is -0.369 e. The summed E-state index contributed by atoms with van der Waals surface area (Å²) in [5.74, 6) is -0.483. The van der Waals surface area contributed by atoms with Crippen LogP contribution in [0.3, 0.4) is 0 Å². The second-order valence-electron chi connectivity index (χ2n) is 8.68. The van der Waals surface area contributed by atoms with Gasteiger partial charge in [0.05, 0.1) is 10.7 Å². The van der Waals surface area contributed by atoms with E-state index in [1.54, 1.807) is 23.1 Å². The number of anilines is 1. The molecule has 2 N–H and O–H groups in total. The van der Waals surface area contributed by atoms with E-state index >= 15 is 0 Å². The maximum atomic E-state index is 12.3. The molecule has 180 valence electrons. The van der Waals surface area contributed by atoms with Gasteiger partial charge in [0.1, 0.15) is 11.2 Å². The normalized spacial score (nSPS) is 20.1. The summed E-state index contributed by atoms with van der Waals surface area (Å²) in [4.78, 5) is 15.7. The van der Waals surface area contributed by atoms with Gasteiger partial charge in [0.2, 0.25) is 11.4 Å². The zero-order chi connectivity index (χ0) is 24.7. The highest BCUT2D eigenvalue weighted by Crippen LogP contribution is 2.47. The highest BCUT2D eigenvalue weighted by Gasteiger charge is 2.28. The highest BCUT2D eigenvalue weighted by molar-refractivity contribution is 8.03. The first-order valence-electron chi connectivity index (χ1n) is 11.6. The number of halogens is 2. The number of amides is 1. The molecule has 1 aromatic heterocycles. The number of nitrogens with zero attached hydrogens (tertiary/aromatic N) is 2. The number of thiazole rings is 1. The smallest absolute Gasteiger partial charge is 0.263 e. The third-order valence-electron chi connectivity index (χ3n) is 6.37. The summed E-state index contributed by atoms with van der Waals surface area (Å²) in [6.07, 6.45) is 7.89. The molecule has 0 saturated heterocycles. The first-order valence-corrected chi connectivity index (χ1v) is 14.0. The summed E-state index contributed by atoms with van der Waals surface area (Å²) < 4.78 is 3.46. The molecule has 4 nitrogen and oxygen atoms in total. The average Bonchev–Trinajstić information content (AvgIpc) is 3.34. The van der Waals surface area contributed by atoms with E-state index in [-0.39, 0.29) is 11.8 Å². The van der Waals surface area contributed by atoms with Crippen LogP contribution in [0, 0.1) is 5.92 Å². The van der Waals surface area contributed by atoms with Crippen molar-refractivity contribution in [1.29, 1.82) is 0 Å². The molecule has 0 fully saturated rings. The predicted molar refractivity (Wildman–Crippen MR) is 149 cm³/mol. The summed E-state index contributed by atoms with van der Waals surface area (Å²) in [7, 11) is 0. The number of carbonyl (C=O) groups is 1.